The number of aliphatic hydroxyl groups is 1. The molecule has 6 nitrogen and oxygen atoms in total. The van der Waals surface area contributed by atoms with E-state index in [1.54, 1.807) is 24.3 Å². The lowest BCUT2D eigenvalue weighted by atomic mass is 10.0. The van der Waals surface area contributed by atoms with Gasteiger partial charge in [-0.1, -0.05) is 35.3 Å². The van der Waals surface area contributed by atoms with Gasteiger partial charge in [0.25, 0.3) is 5.91 Å². The number of esters is 1. The maximum absolute atomic E-state index is 12.2. The number of aromatic nitrogens is 1. The molecule has 8 heteroatoms. The molecule has 0 fully saturated rings. The number of nitrogens with zero attached hydrogens (tertiary/aromatic N) is 1. The van der Waals surface area contributed by atoms with Crippen molar-refractivity contribution in [2.45, 2.75) is 25.5 Å². The summed E-state index contributed by atoms with van der Waals surface area (Å²) in [6.45, 7) is 1.81. The molecule has 2 unspecified atom stereocenters. The largest absolute Gasteiger partial charge is 0.465 e. The van der Waals surface area contributed by atoms with Crippen LogP contribution in [0.5, 0.6) is 0 Å². The second-order valence-corrected chi connectivity index (χ2v) is 6.53. The van der Waals surface area contributed by atoms with Crippen molar-refractivity contribution in [3.05, 3.63) is 63.4 Å². The van der Waals surface area contributed by atoms with Crippen molar-refractivity contribution in [1.82, 2.24) is 10.3 Å². The summed E-state index contributed by atoms with van der Waals surface area (Å²) in [5.74, 6) is -0.974. The molecule has 0 aliphatic rings. The zero-order valence-electron chi connectivity index (χ0n) is 14.2. The van der Waals surface area contributed by atoms with Gasteiger partial charge < -0.3 is 15.2 Å². The maximum Gasteiger partial charge on any atom is 0.337 e. The fourth-order valence-corrected chi connectivity index (χ4v) is 2.89. The molecular weight excluding hydrogens is 379 g/mol. The molecule has 138 valence electrons. The van der Waals surface area contributed by atoms with E-state index >= 15 is 0 Å². The molecule has 2 N–H and O–H groups in total. The van der Waals surface area contributed by atoms with Gasteiger partial charge in [0.05, 0.1) is 12.7 Å². The minimum Gasteiger partial charge on any atom is -0.465 e. The Morgan fingerprint density at radius 3 is 2.31 bits per heavy atom. The summed E-state index contributed by atoms with van der Waals surface area (Å²) < 4.78 is 4.65. The molecule has 1 aromatic carbocycles. The van der Waals surface area contributed by atoms with Crippen LogP contribution in [0.15, 0.2) is 36.4 Å². The van der Waals surface area contributed by atoms with Crippen molar-refractivity contribution in [3.63, 3.8) is 0 Å². The van der Waals surface area contributed by atoms with E-state index in [4.69, 9.17) is 23.2 Å². The summed E-state index contributed by atoms with van der Waals surface area (Å²) in [7, 11) is 1.32. The Labute approximate surface area is 161 Å². The van der Waals surface area contributed by atoms with Crippen LogP contribution in [-0.4, -0.2) is 35.1 Å². The van der Waals surface area contributed by atoms with Crippen LogP contribution < -0.4 is 5.32 Å². The molecule has 2 aromatic rings. The van der Waals surface area contributed by atoms with E-state index in [9.17, 15) is 14.7 Å². The number of ether oxygens (including phenoxy) is 1. The third-order valence-electron chi connectivity index (χ3n) is 3.65. The first kappa shape index (κ1) is 20.2. The lowest BCUT2D eigenvalue weighted by Gasteiger charge is -2.17. The number of aliphatic hydroxyl groups excluding tert-OH is 1. The van der Waals surface area contributed by atoms with Gasteiger partial charge in [-0.3, -0.25) is 4.79 Å². The molecule has 2 rings (SSSR count). The van der Waals surface area contributed by atoms with E-state index in [0.29, 0.717) is 12.0 Å². The summed E-state index contributed by atoms with van der Waals surface area (Å²) in [5.41, 5.74) is 1.65. The lowest BCUT2D eigenvalue weighted by molar-refractivity contribution is -0.130. The van der Waals surface area contributed by atoms with Crippen LogP contribution in [0.2, 0.25) is 10.3 Å². The molecule has 1 aromatic heterocycles. The van der Waals surface area contributed by atoms with Crippen molar-refractivity contribution in [3.8, 4) is 0 Å². The highest BCUT2D eigenvalue weighted by molar-refractivity contribution is 6.32. The van der Waals surface area contributed by atoms with Gasteiger partial charge in [0.2, 0.25) is 0 Å². The van der Waals surface area contributed by atoms with Gasteiger partial charge in [-0.05, 0) is 48.7 Å². The van der Waals surface area contributed by atoms with Crippen LogP contribution in [0.25, 0.3) is 0 Å². The summed E-state index contributed by atoms with van der Waals surface area (Å²) in [4.78, 5) is 27.4. The predicted octanol–water partition coefficient (Wildman–Crippen LogP) is 2.96. The summed E-state index contributed by atoms with van der Waals surface area (Å²) in [6, 6.07) is 9.41. The van der Waals surface area contributed by atoms with Crippen molar-refractivity contribution >= 4 is 35.1 Å². The van der Waals surface area contributed by atoms with Gasteiger partial charge in [-0.2, -0.15) is 0 Å². The van der Waals surface area contributed by atoms with Crippen LogP contribution >= 0.6 is 23.2 Å². The van der Waals surface area contributed by atoms with Gasteiger partial charge in [0.15, 0.2) is 6.10 Å². The highest BCUT2D eigenvalue weighted by atomic mass is 35.5. The Hall–Kier alpha value is -2.15. The fourth-order valence-electron chi connectivity index (χ4n) is 2.41. The zero-order valence-corrected chi connectivity index (χ0v) is 15.7. The summed E-state index contributed by atoms with van der Waals surface area (Å²) in [5, 5.41) is 13.1. The first-order chi connectivity index (χ1) is 12.3. The Morgan fingerprint density at radius 2 is 1.77 bits per heavy atom. The van der Waals surface area contributed by atoms with Crippen molar-refractivity contribution < 1.29 is 19.4 Å². The zero-order chi connectivity index (χ0) is 19.3. The van der Waals surface area contributed by atoms with Gasteiger partial charge in [0, 0.05) is 6.04 Å². The Balaban J connectivity index is 1.97. The molecule has 0 aliphatic heterocycles. The number of amides is 1. The number of halogens is 2. The third-order valence-corrected chi connectivity index (χ3v) is 4.04. The lowest BCUT2D eigenvalue weighted by Crippen LogP contribution is -2.37. The first-order valence-corrected chi connectivity index (χ1v) is 8.54. The van der Waals surface area contributed by atoms with Gasteiger partial charge in [0.1, 0.15) is 10.3 Å². The number of nitrogens with one attached hydrogen (secondary N) is 1. The van der Waals surface area contributed by atoms with Crippen LogP contribution in [-0.2, 0) is 16.0 Å². The molecule has 2 atom stereocenters. The summed E-state index contributed by atoms with van der Waals surface area (Å²) in [6.07, 6.45) is -0.880. The average molecular weight is 397 g/mol. The monoisotopic (exact) mass is 396 g/mol. The Morgan fingerprint density at radius 1 is 1.19 bits per heavy atom. The third kappa shape index (κ3) is 5.42. The van der Waals surface area contributed by atoms with Crippen LogP contribution in [0.4, 0.5) is 0 Å². The number of hydrogen-bond donors (Lipinski definition) is 2. The number of hydrogen-bond acceptors (Lipinski definition) is 5. The van der Waals surface area contributed by atoms with Crippen LogP contribution in [0.3, 0.4) is 0 Å². The van der Waals surface area contributed by atoms with Gasteiger partial charge in [-0.25, -0.2) is 9.78 Å². The van der Waals surface area contributed by atoms with Crippen LogP contribution in [0.1, 0.15) is 34.5 Å². The molecular formula is C18H18Cl2N2O4. The van der Waals surface area contributed by atoms with Gasteiger partial charge >= 0.3 is 5.97 Å². The quantitative estimate of drug-likeness (QED) is 0.578. The van der Waals surface area contributed by atoms with Crippen molar-refractivity contribution in [2.75, 3.05) is 7.11 Å². The van der Waals surface area contributed by atoms with E-state index in [1.165, 1.54) is 19.2 Å². The Bertz CT molecular complexity index is 776. The predicted molar refractivity (Wildman–Crippen MR) is 98.3 cm³/mol. The van der Waals surface area contributed by atoms with Crippen molar-refractivity contribution in [1.29, 1.82) is 0 Å². The highest BCUT2D eigenvalue weighted by Gasteiger charge is 2.20. The minimum atomic E-state index is -1.41. The SMILES string of the molecule is COC(=O)c1ccc(CC(C)NC(=O)C(O)c2cc(Cl)nc(Cl)c2)cc1. The second-order valence-electron chi connectivity index (χ2n) is 5.75. The maximum atomic E-state index is 12.2. The summed E-state index contributed by atoms with van der Waals surface area (Å²) >= 11 is 11.6. The topological polar surface area (TPSA) is 88.5 Å². The number of carbonyl (C=O) groups excluding carboxylic acids is 2. The van der Waals surface area contributed by atoms with Crippen molar-refractivity contribution in [2.24, 2.45) is 0 Å². The van der Waals surface area contributed by atoms with E-state index in [2.05, 4.69) is 15.0 Å². The number of rotatable bonds is 6. The Kier molecular flexibility index (Phi) is 6.97. The molecule has 0 saturated heterocycles. The minimum absolute atomic E-state index is 0.0955. The van der Waals surface area contributed by atoms with E-state index in [0.717, 1.165) is 5.56 Å². The molecule has 1 heterocycles. The molecule has 0 saturated carbocycles. The first-order valence-electron chi connectivity index (χ1n) is 7.79. The van der Waals surface area contributed by atoms with E-state index in [1.807, 2.05) is 6.92 Å². The molecule has 0 aliphatic carbocycles. The second kappa shape index (κ2) is 8.98. The van der Waals surface area contributed by atoms with E-state index in [-0.39, 0.29) is 21.9 Å². The molecule has 0 spiro atoms. The number of methoxy groups -OCH3 is 1. The molecule has 0 bridgehead atoms. The van der Waals surface area contributed by atoms with E-state index < -0.39 is 18.0 Å². The number of pyridine rings is 1. The molecule has 0 radical (unpaired) electrons. The molecule has 26 heavy (non-hydrogen) atoms. The normalized spacial score (nSPS) is 13.0. The van der Waals surface area contributed by atoms with Gasteiger partial charge in [-0.15, -0.1) is 0 Å². The number of benzene rings is 1. The number of carbonyl (C=O) groups is 2. The highest BCUT2D eigenvalue weighted by Crippen LogP contribution is 2.21. The molecule has 1 amide bonds. The average Bonchev–Trinajstić information content (AvgIpc) is 2.60. The van der Waals surface area contributed by atoms with Crippen LogP contribution in [0, 0.1) is 0 Å². The standard InChI is InChI=1S/C18H18Cl2N2O4/c1-10(7-11-3-5-12(6-4-11)18(25)26-2)21-17(24)16(23)13-8-14(19)22-15(20)9-13/h3-6,8-10,16,23H,7H2,1-2H3,(H,21,24). The smallest absolute Gasteiger partial charge is 0.337 e. The fraction of sp³-hybridized carbons (Fsp3) is 0.278.